The van der Waals surface area contributed by atoms with Gasteiger partial charge in [0.05, 0.1) is 20.3 Å². The Bertz CT molecular complexity index is 559. The first-order valence-electron chi connectivity index (χ1n) is 9.66. The van der Waals surface area contributed by atoms with Crippen molar-refractivity contribution in [2.75, 3.05) is 40.0 Å². The first-order valence-corrected chi connectivity index (χ1v) is 9.66. The van der Waals surface area contributed by atoms with E-state index in [1.807, 2.05) is 25.1 Å². The van der Waals surface area contributed by atoms with Crippen molar-refractivity contribution in [3.63, 3.8) is 0 Å². The molecule has 146 valence electrons. The summed E-state index contributed by atoms with van der Waals surface area (Å²) in [5.41, 5.74) is 1.08. The minimum atomic E-state index is 0.581. The first-order chi connectivity index (χ1) is 12.8. The topological polar surface area (TPSA) is 64.1 Å². The summed E-state index contributed by atoms with van der Waals surface area (Å²) in [6.07, 6.45) is 3.66. The maximum absolute atomic E-state index is 5.66. The number of nitrogens with zero attached hydrogens (tertiary/aromatic N) is 1. The molecule has 0 saturated heterocycles. The van der Waals surface area contributed by atoms with Gasteiger partial charge in [-0.3, -0.25) is 0 Å². The fraction of sp³-hybridized carbons (Fsp3) is 0.650. The summed E-state index contributed by atoms with van der Waals surface area (Å²) in [6, 6.07) is 5.93. The van der Waals surface area contributed by atoms with Crippen LogP contribution < -0.4 is 20.1 Å². The number of nitrogens with one attached hydrogen (secondary N) is 2. The normalized spacial score (nSPS) is 14.2. The van der Waals surface area contributed by atoms with E-state index in [0.717, 1.165) is 61.7 Å². The zero-order valence-corrected chi connectivity index (χ0v) is 16.3. The van der Waals surface area contributed by atoms with E-state index in [1.165, 1.54) is 12.8 Å². The molecule has 0 atom stereocenters. The molecule has 0 aromatic heterocycles. The van der Waals surface area contributed by atoms with E-state index in [2.05, 4.69) is 22.5 Å². The van der Waals surface area contributed by atoms with E-state index in [-0.39, 0.29) is 0 Å². The molecule has 1 saturated carbocycles. The van der Waals surface area contributed by atoms with Crippen LogP contribution in [0.4, 0.5) is 0 Å². The minimum Gasteiger partial charge on any atom is -0.493 e. The van der Waals surface area contributed by atoms with Gasteiger partial charge in [0.15, 0.2) is 17.5 Å². The molecular weight excluding hydrogens is 330 g/mol. The molecule has 1 aromatic carbocycles. The Morgan fingerprint density at radius 2 is 2.04 bits per heavy atom. The Kier molecular flexibility index (Phi) is 9.10. The molecule has 2 rings (SSSR count). The lowest BCUT2D eigenvalue weighted by Gasteiger charge is -2.13. The summed E-state index contributed by atoms with van der Waals surface area (Å²) in [5.74, 6) is 3.15. The fourth-order valence-corrected chi connectivity index (χ4v) is 2.52. The van der Waals surface area contributed by atoms with Gasteiger partial charge in [0.1, 0.15) is 0 Å². The summed E-state index contributed by atoms with van der Waals surface area (Å²) < 4.78 is 16.6. The maximum atomic E-state index is 5.66. The Labute approximate surface area is 157 Å². The van der Waals surface area contributed by atoms with Crippen LogP contribution in [0.3, 0.4) is 0 Å². The van der Waals surface area contributed by atoms with Gasteiger partial charge in [0, 0.05) is 26.3 Å². The molecule has 6 heteroatoms. The quantitative estimate of drug-likeness (QED) is 0.340. The van der Waals surface area contributed by atoms with Crippen molar-refractivity contribution in [3.8, 4) is 11.5 Å². The second kappa shape index (κ2) is 11.6. The van der Waals surface area contributed by atoms with Crippen LogP contribution in [-0.2, 0) is 11.3 Å². The number of hydrogen-bond acceptors (Lipinski definition) is 4. The first kappa shape index (κ1) is 20.4. The summed E-state index contributed by atoms with van der Waals surface area (Å²) in [5, 5.41) is 6.64. The zero-order chi connectivity index (χ0) is 18.6. The van der Waals surface area contributed by atoms with Gasteiger partial charge in [-0.2, -0.15) is 0 Å². The van der Waals surface area contributed by atoms with Crippen LogP contribution in [0.15, 0.2) is 23.2 Å². The summed E-state index contributed by atoms with van der Waals surface area (Å²) in [6.45, 7) is 8.63. The van der Waals surface area contributed by atoms with Gasteiger partial charge in [0.25, 0.3) is 0 Å². The van der Waals surface area contributed by atoms with Crippen LogP contribution >= 0.6 is 0 Å². The molecule has 1 aromatic rings. The second-order valence-electron chi connectivity index (χ2n) is 6.41. The smallest absolute Gasteiger partial charge is 0.191 e. The molecule has 0 bridgehead atoms. The highest BCUT2D eigenvalue weighted by atomic mass is 16.5. The molecule has 2 N–H and O–H groups in total. The lowest BCUT2D eigenvalue weighted by atomic mass is 10.2. The van der Waals surface area contributed by atoms with E-state index < -0.39 is 0 Å². The van der Waals surface area contributed by atoms with Crippen LogP contribution in [0.5, 0.6) is 11.5 Å². The van der Waals surface area contributed by atoms with Crippen LogP contribution in [0.2, 0.25) is 0 Å². The highest BCUT2D eigenvalue weighted by Crippen LogP contribution is 2.29. The van der Waals surface area contributed by atoms with Crippen molar-refractivity contribution in [1.82, 2.24) is 10.6 Å². The number of methoxy groups -OCH3 is 1. The second-order valence-corrected chi connectivity index (χ2v) is 6.41. The van der Waals surface area contributed by atoms with Crippen molar-refractivity contribution >= 4 is 5.96 Å². The lowest BCUT2D eigenvalue weighted by molar-refractivity contribution is 0.123. The van der Waals surface area contributed by atoms with Gasteiger partial charge in [-0.15, -0.1) is 0 Å². The van der Waals surface area contributed by atoms with E-state index in [4.69, 9.17) is 14.2 Å². The monoisotopic (exact) mass is 363 g/mol. The van der Waals surface area contributed by atoms with E-state index in [9.17, 15) is 0 Å². The number of guanidine groups is 1. The Morgan fingerprint density at radius 3 is 2.73 bits per heavy atom. The molecule has 0 heterocycles. The number of ether oxygens (including phenoxy) is 3. The predicted octanol–water partition coefficient (Wildman–Crippen LogP) is 2.97. The van der Waals surface area contributed by atoms with E-state index in [1.54, 1.807) is 7.11 Å². The van der Waals surface area contributed by atoms with Crippen LogP contribution in [-0.4, -0.2) is 46.0 Å². The number of hydrogen-bond donors (Lipinski definition) is 2. The third kappa shape index (κ3) is 7.52. The third-order valence-corrected chi connectivity index (χ3v) is 4.10. The molecule has 0 amide bonds. The SMILES string of the molecule is CCNC(=NCc1ccc(OC)c(OCC)c1)NCCCOCC1CC1. The third-order valence-electron chi connectivity index (χ3n) is 4.10. The van der Waals surface area contributed by atoms with Gasteiger partial charge in [-0.1, -0.05) is 6.07 Å². The summed E-state index contributed by atoms with van der Waals surface area (Å²) in [7, 11) is 1.65. The molecule has 6 nitrogen and oxygen atoms in total. The minimum absolute atomic E-state index is 0.581. The highest BCUT2D eigenvalue weighted by molar-refractivity contribution is 5.79. The van der Waals surface area contributed by atoms with Crippen molar-refractivity contribution in [1.29, 1.82) is 0 Å². The molecule has 1 aliphatic rings. The summed E-state index contributed by atoms with van der Waals surface area (Å²) in [4.78, 5) is 4.65. The van der Waals surface area contributed by atoms with Crippen molar-refractivity contribution < 1.29 is 14.2 Å². The average Bonchev–Trinajstić information content (AvgIpc) is 3.47. The maximum Gasteiger partial charge on any atom is 0.191 e. The van der Waals surface area contributed by atoms with Crippen LogP contribution in [0.1, 0.15) is 38.7 Å². The van der Waals surface area contributed by atoms with E-state index >= 15 is 0 Å². The van der Waals surface area contributed by atoms with Crippen LogP contribution in [0, 0.1) is 5.92 Å². The van der Waals surface area contributed by atoms with Crippen molar-refractivity contribution in [2.45, 2.75) is 39.7 Å². The molecule has 0 aliphatic heterocycles. The zero-order valence-electron chi connectivity index (χ0n) is 16.3. The molecular formula is C20H33N3O3. The van der Waals surface area contributed by atoms with E-state index in [0.29, 0.717) is 13.2 Å². The predicted molar refractivity (Wildman–Crippen MR) is 105 cm³/mol. The molecule has 0 spiro atoms. The average molecular weight is 364 g/mol. The lowest BCUT2D eigenvalue weighted by Crippen LogP contribution is -2.38. The molecule has 0 unspecified atom stereocenters. The fourth-order valence-electron chi connectivity index (χ4n) is 2.52. The standard InChI is InChI=1S/C20H33N3O3/c1-4-21-20(22-11-6-12-25-15-16-7-8-16)23-14-17-9-10-18(24-3)19(13-17)26-5-2/h9-10,13,16H,4-8,11-12,14-15H2,1-3H3,(H2,21,22,23). The molecule has 0 radical (unpaired) electrons. The van der Waals surface area contributed by atoms with Crippen LogP contribution in [0.25, 0.3) is 0 Å². The molecule has 1 aliphatic carbocycles. The van der Waals surface area contributed by atoms with Gasteiger partial charge in [-0.05, 0) is 56.7 Å². The van der Waals surface area contributed by atoms with Gasteiger partial charge in [-0.25, -0.2) is 4.99 Å². The van der Waals surface area contributed by atoms with Gasteiger partial charge in [0.2, 0.25) is 0 Å². The summed E-state index contributed by atoms with van der Waals surface area (Å²) >= 11 is 0. The van der Waals surface area contributed by atoms with Gasteiger partial charge < -0.3 is 24.8 Å². The Hall–Kier alpha value is -1.95. The highest BCUT2D eigenvalue weighted by Gasteiger charge is 2.20. The van der Waals surface area contributed by atoms with Crippen molar-refractivity contribution in [3.05, 3.63) is 23.8 Å². The molecule has 26 heavy (non-hydrogen) atoms. The van der Waals surface area contributed by atoms with Crippen molar-refractivity contribution in [2.24, 2.45) is 10.9 Å². The number of aliphatic imine (C=N–C) groups is 1. The number of rotatable bonds is 12. The Morgan fingerprint density at radius 1 is 1.19 bits per heavy atom. The Balaban J connectivity index is 1.79. The molecule has 1 fully saturated rings. The van der Waals surface area contributed by atoms with Gasteiger partial charge >= 0.3 is 0 Å². The largest absolute Gasteiger partial charge is 0.493 e. The number of benzene rings is 1.